The van der Waals surface area contributed by atoms with E-state index in [1.54, 1.807) is 10.8 Å². The number of likely N-dealkylation sites (N-methyl/N-ethyl adjacent to an activating group) is 1. The van der Waals surface area contributed by atoms with E-state index in [4.69, 9.17) is 4.42 Å². The molecule has 1 N–H and O–H groups in total. The molecule has 1 aliphatic heterocycles. The summed E-state index contributed by atoms with van der Waals surface area (Å²) in [6.45, 7) is 9.19. The van der Waals surface area contributed by atoms with Crippen molar-refractivity contribution in [1.29, 1.82) is 0 Å². The highest BCUT2D eigenvalue weighted by Gasteiger charge is 2.33. The van der Waals surface area contributed by atoms with Gasteiger partial charge in [0.05, 0.1) is 11.1 Å². The molecule has 3 aromatic heterocycles. The molecule has 3 aromatic rings. The van der Waals surface area contributed by atoms with Gasteiger partial charge in [0.2, 0.25) is 10.8 Å². The molecule has 1 saturated heterocycles. The third-order valence-corrected chi connectivity index (χ3v) is 5.91. The van der Waals surface area contributed by atoms with Gasteiger partial charge in [-0.3, -0.25) is 4.90 Å². The summed E-state index contributed by atoms with van der Waals surface area (Å²) < 4.78 is 7.27. The molecule has 0 saturated carbocycles. The lowest BCUT2D eigenvalue weighted by molar-refractivity contribution is 0.105. The zero-order valence-electron chi connectivity index (χ0n) is 14.6. The normalized spacial score (nSPS) is 18.2. The summed E-state index contributed by atoms with van der Waals surface area (Å²) in [6, 6.07) is 3.77. The number of thiazole rings is 1. The molecule has 0 unspecified atom stereocenters. The van der Waals surface area contributed by atoms with Gasteiger partial charge in [-0.2, -0.15) is 4.52 Å². The maximum Gasteiger partial charge on any atom is 0.230 e. The van der Waals surface area contributed by atoms with Crippen molar-refractivity contribution in [3.8, 4) is 5.88 Å². The number of aromatic hydroxyl groups is 1. The molecule has 7 nitrogen and oxygen atoms in total. The Bertz CT molecular complexity index is 833. The smallest absolute Gasteiger partial charge is 0.230 e. The van der Waals surface area contributed by atoms with E-state index in [2.05, 4.69) is 26.8 Å². The number of hydrogen-bond acceptors (Lipinski definition) is 7. The summed E-state index contributed by atoms with van der Waals surface area (Å²) in [5.74, 6) is 1.77. The van der Waals surface area contributed by atoms with Gasteiger partial charge in [-0.1, -0.05) is 25.2 Å². The van der Waals surface area contributed by atoms with Crippen LogP contribution in [-0.2, 0) is 6.42 Å². The fourth-order valence-electron chi connectivity index (χ4n) is 3.38. The molecule has 134 valence electrons. The minimum atomic E-state index is -0.104. The molecule has 4 heterocycles. The molecule has 0 bridgehead atoms. The fourth-order valence-corrected chi connectivity index (χ4v) is 4.49. The molecule has 0 spiro atoms. The van der Waals surface area contributed by atoms with Crippen LogP contribution in [0.3, 0.4) is 0 Å². The van der Waals surface area contributed by atoms with Gasteiger partial charge in [-0.25, -0.2) is 4.98 Å². The minimum absolute atomic E-state index is 0.104. The van der Waals surface area contributed by atoms with Crippen LogP contribution in [0.2, 0.25) is 0 Å². The summed E-state index contributed by atoms with van der Waals surface area (Å²) in [4.78, 5) is 10.9. The number of aromatic nitrogens is 3. The van der Waals surface area contributed by atoms with E-state index in [0.717, 1.165) is 60.6 Å². The molecule has 0 aliphatic carbocycles. The van der Waals surface area contributed by atoms with Crippen LogP contribution in [0.4, 0.5) is 0 Å². The van der Waals surface area contributed by atoms with Gasteiger partial charge >= 0.3 is 0 Å². The maximum atomic E-state index is 10.8. The molecule has 25 heavy (non-hydrogen) atoms. The Hall–Kier alpha value is -1.90. The van der Waals surface area contributed by atoms with Crippen molar-refractivity contribution in [3.05, 3.63) is 34.9 Å². The van der Waals surface area contributed by atoms with E-state index in [9.17, 15) is 5.11 Å². The van der Waals surface area contributed by atoms with Gasteiger partial charge in [0, 0.05) is 32.6 Å². The van der Waals surface area contributed by atoms with Crippen LogP contribution in [0.5, 0.6) is 5.88 Å². The first-order valence-electron chi connectivity index (χ1n) is 8.78. The lowest BCUT2D eigenvalue weighted by Crippen LogP contribution is -2.47. The monoisotopic (exact) mass is 361 g/mol. The van der Waals surface area contributed by atoms with E-state index in [0.29, 0.717) is 0 Å². The first-order chi connectivity index (χ1) is 12.2. The Balaban J connectivity index is 1.71. The predicted octanol–water partition coefficient (Wildman–Crippen LogP) is 2.38. The van der Waals surface area contributed by atoms with Crippen LogP contribution in [0.25, 0.3) is 4.96 Å². The summed E-state index contributed by atoms with van der Waals surface area (Å²) >= 11 is 1.49. The van der Waals surface area contributed by atoms with Gasteiger partial charge in [0.25, 0.3) is 0 Å². The number of hydrogen-bond donors (Lipinski definition) is 1. The zero-order valence-corrected chi connectivity index (χ0v) is 15.4. The molecule has 1 aliphatic rings. The molecular weight excluding hydrogens is 338 g/mol. The summed E-state index contributed by atoms with van der Waals surface area (Å²) in [5.41, 5.74) is 0. The van der Waals surface area contributed by atoms with Crippen LogP contribution in [-0.4, -0.2) is 62.2 Å². The quantitative estimate of drug-likeness (QED) is 0.752. The maximum absolute atomic E-state index is 10.8. The molecule has 8 heteroatoms. The molecular formula is C17H23N5O2S. The SMILES string of the molecule is CCc1nc2sc([C@@H](c3ccco3)N3CCN(CC)CC3)c(O)n2n1. The van der Waals surface area contributed by atoms with Gasteiger partial charge in [-0.05, 0) is 18.7 Å². The molecule has 1 fully saturated rings. The molecule has 0 aromatic carbocycles. The first-order valence-corrected chi connectivity index (χ1v) is 9.60. The van der Waals surface area contributed by atoms with Crippen molar-refractivity contribution in [2.45, 2.75) is 26.3 Å². The highest BCUT2D eigenvalue weighted by Crippen LogP contribution is 2.40. The van der Waals surface area contributed by atoms with E-state index < -0.39 is 0 Å². The second-order valence-corrected chi connectivity index (χ2v) is 7.26. The third-order valence-electron chi connectivity index (χ3n) is 4.84. The van der Waals surface area contributed by atoms with Crippen molar-refractivity contribution in [2.75, 3.05) is 32.7 Å². The number of aryl methyl sites for hydroxylation is 1. The second kappa shape index (κ2) is 6.78. The van der Waals surface area contributed by atoms with Gasteiger partial charge in [0.15, 0.2) is 5.82 Å². The standard InChI is InChI=1S/C17H23N5O2S/c1-3-13-18-17-22(19-13)16(23)15(25-17)14(12-6-5-11-24-12)21-9-7-20(4-2)8-10-21/h5-6,11,14,23H,3-4,7-10H2,1-2H3/t14-/m1/s1. The lowest BCUT2D eigenvalue weighted by Gasteiger charge is -2.37. The van der Waals surface area contributed by atoms with Gasteiger partial charge in [0.1, 0.15) is 11.8 Å². The molecule has 1 atom stereocenters. The number of fused-ring (bicyclic) bond motifs is 1. The second-order valence-electron chi connectivity index (χ2n) is 6.25. The van der Waals surface area contributed by atoms with Crippen LogP contribution < -0.4 is 0 Å². The van der Waals surface area contributed by atoms with Crippen molar-refractivity contribution in [2.24, 2.45) is 0 Å². The highest BCUT2D eigenvalue weighted by molar-refractivity contribution is 7.17. The Labute approximate surface area is 150 Å². The van der Waals surface area contributed by atoms with Crippen molar-refractivity contribution in [1.82, 2.24) is 24.4 Å². The number of piperazine rings is 1. The Morgan fingerprint density at radius 1 is 1.28 bits per heavy atom. The third kappa shape index (κ3) is 2.94. The summed E-state index contributed by atoms with van der Waals surface area (Å²) in [5, 5.41) is 15.2. The molecule has 0 amide bonds. The van der Waals surface area contributed by atoms with Crippen molar-refractivity contribution < 1.29 is 9.52 Å². The van der Waals surface area contributed by atoms with Crippen molar-refractivity contribution >= 4 is 16.3 Å². The minimum Gasteiger partial charge on any atom is -0.492 e. The highest BCUT2D eigenvalue weighted by atomic mass is 32.1. The van der Waals surface area contributed by atoms with Gasteiger partial charge < -0.3 is 14.4 Å². The number of rotatable bonds is 5. The van der Waals surface area contributed by atoms with E-state index >= 15 is 0 Å². The van der Waals surface area contributed by atoms with Crippen LogP contribution in [0.1, 0.15) is 36.4 Å². The van der Waals surface area contributed by atoms with E-state index in [1.807, 2.05) is 19.1 Å². The van der Waals surface area contributed by atoms with Gasteiger partial charge in [-0.15, -0.1) is 5.10 Å². The molecule has 0 radical (unpaired) electrons. The molecule has 4 rings (SSSR count). The predicted molar refractivity (Wildman–Crippen MR) is 96.1 cm³/mol. The number of nitrogens with zero attached hydrogens (tertiary/aromatic N) is 5. The average Bonchev–Trinajstić information content (AvgIpc) is 3.35. The average molecular weight is 361 g/mol. The van der Waals surface area contributed by atoms with Crippen molar-refractivity contribution in [3.63, 3.8) is 0 Å². The fraction of sp³-hybridized carbons (Fsp3) is 0.529. The van der Waals surface area contributed by atoms with E-state index in [1.165, 1.54) is 11.3 Å². The number of furan rings is 1. The Morgan fingerprint density at radius 3 is 2.68 bits per heavy atom. The zero-order chi connectivity index (χ0) is 17.4. The first kappa shape index (κ1) is 16.6. The van der Waals surface area contributed by atoms with Crippen LogP contribution in [0.15, 0.2) is 22.8 Å². The van der Waals surface area contributed by atoms with Crippen LogP contribution >= 0.6 is 11.3 Å². The Morgan fingerprint density at radius 2 is 2.08 bits per heavy atom. The van der Waals surface area contributed by atoms with E-state index in [-0.39, 0.29) is 11.9 Å². The van der Waals surface area contributed by atoms with Crippen LogP contribution in [0, 0.1) is 0 Å². The summed E-state index contributed by atoms with van der Waals surface area (Å²) in [6.07, 6.45) is 2.44. The lowest BCUT2D eigenvalue weighted by atomic mass is 10.1. The summed E-state index contributed by atoms with van der Waals surface area (Å²) in [7, 11) is 0. The Kier molecular flexibility index (Phi) is 4.49. The largest absolute Gasteiger partial charge is 0.492 e. The topological polar surface area (TPSA) is 70.0 Å².